The van der Waals surface area contributed by atoms with Crippen LogP contribution in [0.4, 0.5) is 5.69 Å². The Bertz CT molecular complexity index is 1280. The first kappa shape index (κ1) is 17.6. The van der Waals surface area contributed by atoms with Gasteiger partial charge in [-0.3, -0.25) is 14.9 Å². The summed E-state index contributed by atoms with van der Waals surface area (Å²) in [5.41, 5.74) is 0.925. The third kappa shape index (κ3) is 3.14. The van der Waals surface area contributed by atoms with Gasteiger partial charge in [-0.1, -0.05) is 29.8 Å². The van der Waals surface area contributed by atoms with E-state index < -0.39 is 10.5 Å². The Labute approximate surface area is 162 Å². The van der Waals surface area contributed by atoms with Crippen LogP contribution < -0.4 is 5.56 Å². The molecule has 0 unspecified atom stereocenters. The predicted octanol–water partition coefficient (Wildman–Crippen LogP) is 3.03. The highest BCUT2D eigenvalue weighted by molar-refractivity contribution is 6.33. The van der Waals surface area contributed by atoms with Crippen molar-refractivity contribution in [3.05, 3.63) is 92.1 Å². The van der Waals surface area contributed by atoms with Crippen LogP contribution in [0.3, 0.4) is 0 Å². The zero-order chi connectivity index (χ0) is 19.7. The second-order valence-electron chi connectivity index (χ2n) is 5.73. The Morgan fingerprint density at radius 2 is 1.96 bits per heavy atom. The van der Waals surface area contributed by atoms with Gasteiger partial charge in [-0.15, -0.1) is 0 Å². The maximum absolute atomic E-state index is 12.7. The van der Waals surface area contributed by atoms with Crippen molar-refractivity contribution in [1.29, 1.82) is 0 Å². The van der Waals surface area contributed by atoms with Crippen molar-refractivity contribution < 1.29 is 4.92 Å². The summed E-state index contributed by atoms with van der Waals surface area (Å²) in [6.45, 7) is 0. The zero-order valence-electron chi connectivity index (χ0n) is 14.1. The van der Waals surface area contributed by atoms with Gasteiger partial charge >= 0.3 is 0 Å². The number of non-ortho nitro benzene ring substituents is 1. The second-order valence-corrected chi connectivity index (χ2v) is 6.14. The van der Waals surface area contributed by atoms with Crippen molar-refractivity contribution in [2.75, 3.05) is 0 Å². The molecule has 0 atom stereocenters. The Morgan fingerprint density at radius 1 is 1.18 bits per heavy atom. The van der Waals surface area contributed by atoms with Gasteiger partial charge in [-0.05, 0) is 18.2 Å². The number of hydrogen-bond donors (Lipinski definition) is 0. The van der Waals surface area contributed by atoms with Crippen LogP contribution in [-0.2, 0) is 0 Å². The fraction of sp³-hybridized carbons (Fsp3) is 0. The number of hydrogen-bond acceptors (Lipinski definition) is 6. The lowest BCUT2D eigenvalue weighted by molar-refractivity contribution is -0.384. The zero-order valence-corrected chi connectivity index (χ0v) is 14.9. The van der Waals surface area contributed by atoms with Gasteiger partial charge in [-0.25, -0.2) is 9.67 Å². The van der Waals surface area contributed by atoms with Crippen LogP contribution in [0, 0.1) is 10.1 Å². The average Bonchev–Trinajstić information content (AvgIpc) is 3.14. The molecule has 138 valence electrons. The fourth-order valence-corrected chi connectivity index (χ4v) is 2.78. The minimum atomic E-state index is -0.536. The van der Waals surface area contributed by atoms with Crippen molar-refractivity contribution in [3.8, 4) is 5.69 Å². The number of benzene rings is 2. The molecule has 0 amide bonds. The van der Waals surface area contributed by atoms with Gasteiger partial charge in [-0.2, -0.15) is 14.9 Å². The van der Waals surface area contributed by atoms with E-state index in [1.165, 1.54) is 36.9 Å². The fourth-order valence-electron chi connectivity index (χ4n) is 2.61. The van der Waals surface area contributed by atoms with E-state index >= 15 is 0 Å². The van der Waals surface area contributed by atoms with Crippen LogP contribution in [0.15, 0.2) is 71.0 Å². The van der Waals surface area contributed by atoms with Crippen molar-refractivity contribution in [3.63, 3.8) is 0 Å². The normalized spacial score (nSPS) is 11.3. The Hall–Kier alpha value is -3.85. The van der Waals surface area contributed by atoms with Crippen LogP contribution in [-0.4, -0.2) is 30.6 Å². The maximum atomic E-state index is 12.7. The molecule has 2 aromatic heterocycles. The Kier molecular flexibility index (Phi) is 4.42. The Balaban J connectivity index is 1.74. The molecule has 9 nitrogen and oxygen atoms in total. The second kappa shape index (κ2) is 7.05. The smallest absolute Gasteiger partial charge is 0.266 e. The van der Waals surface area contributed by atoms with E-state index in [1.807, 2.05) is 30.3 Å². The van der Waals surface area contributed by atoms with Gasteiger partial charge in [0, 0.05) is 22.7 Å². The van der Waals surface area contributed by atoms with Gasteiger partial charge in [0.15, 0.2) is 5.65 Å². The van der Waals surface area contributed by atoms with Crippen molar-refractivity contribution in [1.82, 2.24) is 19.4 Å². The Morgan fingerprint density at radius 3 is 2.71 bits per heavy atom. The third-order valence-corrected chi connectivity index (χ3v) is 4.33. The molecule has 0 N–H and O–H groups in total. The van der Waals surface area contributed by atoms with Crippen molar-refractivity contribution >= 4 is 34.5 Å². The predicted molar refractivity (Wildman–Crippen MR) is 104 cm³/mol. The van der Waals surface area contributed by atoms with E-state index in [0.29, 0.717) is 11.2 Å². The summed E-state index contributed by atoms with van der Waals surface area (Å²) in [6, 6.07) is 13.3. The molecule has 0 aliphatic carbocycles. The molecule has 2 aromatic carbocycles. The number of aromatic nitrogens is 4. The molecule has 0 spiro atoms. The summed E-state index contributed by atoms with van der Waals surface area (Å²) < 4.78 is 2.58. The van der Waals surface area contributed by atoms with Crippen LogP contribution in [0.2, 0.25) is 5.02 Å². The van der Waals surface area contributed by atoms with Gasteiger partial charge in [0.25, 0.3) is 11.2 Å². The molecule has 0 bridgehead atoms. The summed E-state index contributed by atoms with van der Waals surface area (Å²) in [5, 5.41) is 19.7. The average molecular weight is 395 g/mol. The van der Waals surface area contributed by atoms with Crippen LogP contribution in [0.25, 0.3) is 16.7 Å². The SMILES string of the molecule is O=c1c2cnn(-c3ccccc3)c2ncn1/N=C\c1cc([N+](=O)[O-])ccc1Cl. The van der Waals surface area contributed by atoms with Crippen LogP contribution >= 0.6 is 11.6 Å². The largest absolute Gasteiger partial charge is 0.285 e. The number of fused-ring (bicyclic) bond motifs is 1. The number of nitro groups is 1. The molecule has 0 saturated heterocycles. The lowest BCUT2D eigenvalue weighted by atomic mass is 10.2. The minimum Gasteiger partial charge on any atom is -0.266 e. The summed E-state index contributed by atoms with van der Waals surface area (Å²) in [4.78, 5) is 27.3. The highest BCUT2D eigenvalue weighted by atomic mass is 35.5. The molecule has 0 aliphatic rings. The quantitative estimate of drug-likeness (QED) is 0.300. The lowest BCUT2D eigenvalue weighted by Gasteiger charge is -2.03. The molecule has 0 fully saturated rings. The molecular weight excluding hydrogens is 384 g/mol. The highest BCUT2D eigenvalue weighted by Gasteiger charge is 2.12. The summed E-state index contributed by atoms with van der Waals surface area (Å²) in [6.07, 6.45) is 3.95. The van der Waals surface area contributed by atoms with E-state index in [9.17, 15) is 14.9 Å². The van der Waals surface area contributed by atoms with E-state index in [1.54, 1.807) is 4.68 Å². The standard InChI is InChI=1S/C18H11ClN6O3/c19-16-7-6-14(25(27)28)8-12(16)9-21-23-11-20-17-15(18(23)26)10-22-24(17)13-4-2-1-3-5-13/h1-11H/b21-9-. The first-order valence-corrected chi connectivity index (χ1v) is 8.41. The van der Waals surface area contributed by atoms with Crippen molar-refractivity contribution in [2.24, 2.45) is 5.10 Å². The molecule has 28 heavy (non-hydrogen) atoms. The maximum Gasteiger partial charge on any atom is 0.285 e. The molecule has 10 heteroatoms. The molecule has 0 radical (unpaired) electrons. The number of nitrogens with zero attached hydrogens (tertiary/aromatic N) is 6. The third-order valence-electron chi connectivity index (χ3n) is 3.98. The molecule has 4 aromatic rings. The van der Waals surface area contributed by atoms with E-state index in [-0.39, 0.29) is 16.1 Å². The highest BCUT2D eigenvalue weighted by Crippen LogP contribution is 2.20. The molecule has 2 heterocycles. The number of nitro benzene ring substituents is 1. The first-order valence-electron chi connectivity index (χ1n) is 8.04. The van der Waals surface area contributed by atoms with E-state index in [4.69, 9.17) is 11.6 Å². The molecule has 0 aliphatic heterocycles. The monoisotopic (exact) mass is 394 g/mol. The van der Waals surface area contributed by atoms with Gasteiger partial charge in [0.1, 0.15) is 11.7 Å². The number of rotatable bonds is 4. The van der Waals surface area contributed by atoms with Gasteiger partial charge in [0.2, 0.25) is 0 Å². The number of para-hydroxylation sites is 1. The number of halogens is 1. The van der Waals surface area contributed by atoms with Crippen LogP contribution in [0.5, 0.6) is 0 Å². The molecule has 4 rings (SSSR count). The summed E-state index contributed by atoms with van der Waals surface area (Å²) >= 11 is 6.04. The molecular formula is C18H11ClN6O3. The molecule has 0 saturated carbocycles. The lowest BCUT2D eigenvalue weighted by Crippen LogP contribution is -2.17. The van der Waals surface area contributed by atoms with Gasteiger partial charge in [0.05, 0.1) is 23.0 Å². The van der Waals surface area contributed by atoms with Crippen LogP contribution in [0.1, 0.15) is 5.56 Å². The summed E-state index contributed by atoms with van der Waals surface area (Å²) in [7, 11) is 0. The van der Waals surface area contributed by atoms with E-state index in [2.05, 4.69) is 15.2 Å². The van der Waals surface area contributed by atoms with E-state index in [0.717, 1.165) is 10.4 Å². The van der Waals surface area contributed by atoms with Gasteiger partial charge < -0.3 is 0 Å². The minimum absolute atomic E-state index is 0.129. The summed E-state index contributed by atoms with van der Waals surface area (Å²) in [5.74, 6) is 0. The topological polar surface area (TPSA) is 108 Å². The first-order chi connectivity index (χ1) is 13.5. The van der Waals surface area contributed by atoms with Crippen molar-refractivity contribution in [2.45, 2.75) is 0 Å².